The molecule has 1 rings (SSSR count). The molecule has 23 heavy (non-hydrogen) atoms. The zero-order valence-electron chi connectivity index (χ0n) is 16.8. The molecular weight excluding hydrogens is 506 g/mol. The quantitative estimate of drug-likeness (QED) is 0.218. The number of hydrogen-bond donors (Lipinski definition) is 0. The lowest BCUT2D eigenvalue weighted by Gasteiger charge is -2.05. The van der Waals surface area contributed by atoms with Gasteiger partial charge in [0.2, 0.25) is 0 Å². The molecule has 0 bridgehead atoms. The van der Waals surface area contributed by atoms with Crippen LogP contribution in [0.2, 0.25) is 0 Å². The summed E-state index contributed by atoms with van der Waals surface area (Å²) in [6.07, 6.45) is 24.6. The summed E-state index contributed by atoms with van der Waals surface area (Å²) in [7, 11) is 0. The molecular formula is C21H46I2. The van der Waals surface area contributed by atoms with Crippen molar-refractivity contribution in [3.63, 3.8) is 0 Å². The molecule has 1 aliphatic rings. The third-order valence-corrected chi connectivity index (χ3v) is 4.21. The monoisotopic (exact) mass is 552 g/mol. The highest BCUT2D eigenvalue weighted by Crippen LogP contribution is 2.15. The molecule has 0 aromatic heterocycles. The van der Waals surface area contributed by atoms with Gasteiger partial charge in [-0.3, -0.25) is 0 Å². The van der Waals surface area contributed by atoms with Crippen LogP contribution in [-0.4, -0.2) is 0 Å². The van der Waals surface area contributed by atoms with E-state index in [-0.39, 0.29) is 0 Å². The van der Waals surface area contributed by atoms with Crippen molar-refractivity contribution in [3.8, 4) is 0 Å². The number of rotatable bonds is 7. The van der Waals surface area contributed by atoms with E-state index in [1.165, 1.54) is 109 Å². The molecule has 0 aromatic carbocycles. The Morgan fingerprint density at radius 1 is 0.391 bits per heavy atom. The third kappa shape index (κ3) is 39.9. The molecule has 144 valence electrons. The van der Waals surface area contributed by atoms with E-state index in [9.17, 15) is 0 Å². The van der Waals surface area contributed by atoms with E-state index >= 15 is 0 Å². The van der Waals surface area contributed by atoms with Crippen molar-refractivity contribution >= 4 is 37.2 Å². The first-order valence-corrected chi connectivity index (χ1v) is 16.8. The van der Waals surface area contributed by atoms with Crippen LogP contribution in [0.4, 0.5) is 0 Å². The first-order chi connectivity index (χ1) is 11.3. The van der Waals surface area contributed by atoms with Crippen LogP contribution in [-0.2, 0) is 0 Å². The summed E-state index contributed by atoms with van der Waals surface area (Å²) in [5.74, 6) is 0. The summed E-state index contributed by atoms with van der Waals surface area (Å²) in [5, 5.41) is 0. The van der Waals surface area contributed by atoms with E-state index in [1.54, 1.807) is 0 Å². The second kappa shape index (κ2) is 34.7. The van der Waals surface area contributed by atoms with Crippen molar-refractivity contribution in [1.82, 2.24) is 0 Å². The zero-order valence-corrected chi connectivity index (χ0v) is 21.1. The van der Waals surface area contributed by atoms with Crippen LogP contribution in [0.25, 0.3) is 0 Å². The van der Waals surface area contributed by atoms with Gasteiger partial charge in [-0.1, -0.05) is 137 Å². The molecule has 0 aliphatic heterocycles. The van der Waals surface area contributed by atoms with Crippen molar-refractivity contribution in [2.24, 2.45) is 0 Å². The second-order valence-electron chi connectivity index (χ2n) is 6.60. The summed E-state index contributed by atoms with van der Waals surface area (Å²) >= 11 is 4.24. The molecule has 0 atom stereocenters. The molecule has 0 aromatic rings. The summed E-state index contributed by atoms with van der Waals surface area (Å²) in [5.41, 5.74) is 0. The highest BCUT2D eigenvalue weighted by Gasteiger charge is 1.95. The van der Waals surface area contributed by atoms with Gasteiger partial charge >= 0.3 is 0 Å². The van der Waals surface area contributed by atoms with E-state index in [2.05, 4.69) is 64.9 Å². The Bertz CT molecular complexity index is 117. The molecule has 2 heteroatoms. The topological polar surface area (TPSA) is 0 Å². The Balaban J connectivity index is -0.000000262. The van der Waals surface area contributed by atoms with Crippen molar-refractivity contribution in [2.45, 2.75) is 137 Å². The summed E-state index contributed by atoms with van der Waals surface area (Å²) < 4.78 is 0. The van der Waals surface area contributed by atoms with E-state index < -0.39 is 0 Å². The average Bonchev–Trinajstić information content (AvgIpc) is 2.57. The van der Waals surface area contributed by atoms with Gasteiger partial charge in [0.1, 0.15) is 0 Å². The molecule has 0 N–H and O–H groups in total. The first-order valence-electron chi connectivity index (χ1n) is 10.5. The number of hydrogen-bond acceptors (Lipinski definition) is 0. The predicted octanol–water partition coefficient (Wildman–Crippen LogP) is 10.5. The van der Waals surface area contributed by atoms with Gasteiger partial charge in [-0.15, -0.1) is 0 Å². The maximum atomic E-state index is 2.26. The van der Waals surface area contributed by atoms with E-state index in [0.29, 0.717) is 0 Å². The molecule has 0 nitrogen and oxygen atoms in total. The molecule has 1 aliphatic carbocycles. The summed E-state index contributed by atoms with van der Waals surface area (Å²) in [4.78, 5) is 0. The van der Waals surface area contributed by atoms with Crippen molar-refractivity contribution < 1.29 is 0 Å². The maximum absolute atomic E-state index is 2.26. The van der Waals surface area contributed by atoms with Gasteiger partial charge in [-0.2, -0.15) is 0 Å². The van der Waals surface area contributed by atoms with Gasteiger partial charge in [0, 0.05) is 37.2 Å². The Morgan fingerprint density at radius 2 is 0.609 bits per heavy atom. The lowest BCUT2D eigenvalue weighted by Crippen LogP contribution is -1.85. The molecule has 0 heterocycles. The van der Waals surface area contributed by atoms with Crippen LogP contribution in [0.5, 0.6) is 0 Å². The predicted molar refractivity (Wildman–Crippen MR) is 129 cm³/mol. The minimum atomic E-state index is 1.32. The summed E-state index contributed by atoms with van der Waals surface area (Å²) in [6.45, 7) is 8.89. The van der Waals surface area contributed by atoms with Gasteiger partial charge in [-0.25, -0.2) is 0 Å². The van der Waals surface area contributed by atoms with Crippen LogP contribution in [0.15, 0.2) is 0 Å². The lowest BCUT2D eigenvalue weighted by molar-refractivity contribution is 0.504. The van der Waals surface area contributed by atoms with E-state index in [4.69, 9.17) is 0 Å². The van der Waals surface area contributed by atoms with Gasteiger partial charge in [0.15, 0.2) is 0 Å². The van der Waals surface area contributed by atoms with Crippen molar-refractivity contribution in [3.05, 3.63) is 0 Å². The first kappa shape index (κ1) is 29.2. The fourth-order valence-corrected chi connectivity index (χ4v) is 2.44. The Kier molecular flexibility index (Phi) is 44.1. The molecule has 0 radical (unpaired) electrons. The SMILES string of the molecule is C1CCCCCCC1.CCCC.CCCCCCCCC.II. The fourth-order valence-electron chi connectivity index (χ4n) is 2.44. The van der Waals surface area contributed by atoms with Crippen LogP contribution < -0.4 is 0 Å². The smallest absolute Gasteiger partial charge is 0 e. The average molecular weight is 552 g/mol. The zero-order chi connectivity index (χ0) is 18.0. The minimum Gasteiger partial charge on any atom is -0.0654 e. The Hall–Kier alpha value is 1.46. The fraction of sp³-hybridized carbons (Fsp3) is 1.00. The minimum absolute atomic E-state index is 1.32. The highest BCUT2D eigenvalue weighted by atomic mass is 128. The van der Waals surface area contributed by atoms with Gasteiger partial charge < -0.3 is 0 Å². The lowest BCUT2D eigenvalue weighted by atomic mass is 10.0. The van der Waals surface area contributed by atoms with Crippen molar-refractivity contribution in [2.75, 3.05) is 0 Å². The van der Waals surface area contributed by atoms with Crippen LogP contribution in [0.3, 0.4) is 0 Å². The molecule has 0 spiro atoms. The number of unbranched alkanes of at least 4 members (excludes halogenated alkanes) is 7. The Morgan fingerprint density at radius 3 is 0.783 bits per heavy atom. The largest absolute Gasteiger partial charge is 0.0654 e. The molecule has 0 saturated heterocycles. The normalized spacial score (nSPS) is 13.8. The van der Waals surface area contributed by atoms with Crippen LogP contribution >= 0.6 is 37.2 Å². The molecule has 0 amide bonds. The van der Waals surface area contributed by atoms with E-state index in [1.807, 2.05) is 0 Å². The molecule has 1 saturated carbocycles. The maximum Gasteiger partial charge on any atom is 0 e. The van der Waals surface area contributed by atoms with Gasteiger partial charge in [0.05, 0.1) is 0 Å². The standard InChI is InChI=1S/C9H20.C8H16.C4H10.I2/c1-3-5-7-9-8-6-4-2;1-2-4-6-8-7-5-3-1;1-3-4-2;1-2/h3-9H2,1-2H3;1-8H2;3-4H2,1-2H3;. The third-order valence-electron chi connectivity index (χ3n) is 4.21. The van der Waals surface area contributed by atoms with Gasteiger partial charge in [-0.05, 0) is 0 Å². The van der Waals surface area contributed by atoms with Gasteiger partial charge in [0.25, 0.3) is 0 Å². The van der Waals surface area contributed by atoms with E-state index in [0.717, 1.165) is 0 Å². The Labute approximate surface area is 173 Å². The van der Waals surface area contributed by atoms with Crippen molar-refractivity contribution in [1.29, 1.82) is 0 Å². The highest BCUT2D eigenvalue weighted by molar-refractivity contribution is 15.0. The van der Waals surface area contributed by atoms with Crippen LogP contribution in [0, 0.1) is 0 Å². The summed E-state index contributed by atoms with van der Waals surface area (Å²) in [6, 6.07) is 0. The number of halogens is 2. The van der Waals surface area contributed by atoms with Crippen LogP contribution in [0.1, 0.15) is 137 Å². The second-order valence-corrected chi connectivity index (χ2v) is 6.60. The molecule has 0 unspecified atom stereocenters. The molecule has 1 fully saturated rings.